The largest absolute Gasteiger partial charge is 0.508 e. The van der Waals surface area contributed by atoms with Gasteiger partial charge in [-0.3, -0.25) is 4.79 Å². The number of amides is 1. The highest BCUT2D eigenvalue weighted by molar-refractivity contribution is 6.14. The molecule has 0 unspecified atom stereocenters. The van der Waals surface area contributed by atoms with Gasteiger partial charge in [0.1, 0.15) is 40.1 Å². The number of phenols is 4. The molecule has 2 heterocycles. The van der Waals surface area contributed by atoms with E-state index in [1.165, 1.54) is 48.7 Å². The Morgan fingerprint density at radius 2 is 1.50 bits per heavy atom. The zero-order valence-corrected chi connectivity index (χ0v) is 17.6. The molecule has 170 valence electrons. The van der Waals surface area contributed by atoms with Gasteiger partial charge in [-0.15, -0.1) is 0 Å². The summed E-state index contributed by atoms with van der Waals surface area (Å²) in [5.74, 6) is -0.0715. The van der Waals surface area contributed by atoms with Crippen LogP contribution in [0.15, 0.2) is 81.8 Å². The van der Waals surface area contributed by atoms with E-state index in [0.717, 1.165) is 0 Å². The van der Waals surface area contributed by atoms with Gasteiger partial charge in [-0.1, -0.05) is 0 Å². The normalized spacial score (nSPS) is 11.1. The smallest absolute Gasteiger partial charge is 0.252 e. The summed E-state index contributed by atoms with van der Waals surface area (Å²) in [7, 11) is 0. The van der Waals surface area contributed by atoms with E-state index in [4.69, 9.17) is 8.83 Å². The van der Waals surface area contributed by atoms with Gasteiger partial charge < -0.3 is 34.6 Å². The lowest BCUT2D eigenvalue weighted by Crippen LogP contribution is -2.22. The molecular formula is C26H19NO7. The minimum absolute atomic E-state index is 0.0621. The van der Waals surface area contributed by atoms with Crippen molar-refractivity contribution < 1.29 is 34.1 Å². The molecule has 0 radical (unpaired) electrons. The molecule has 0 aliphatic heterocycles. The lowest BCUT2D eigenvalue weighted by atomic mass is 9.95. The van der Waals surface area contributed by atoms with E-state index in [1.54, 1.807) is 24.3 Å². The molecule has 3 aromatic carbocycles. The maximum absolute atomic E-state index is 13.2. The van der Waals surface area contributed by atoms with Crippen LogP contribution in [0.2, 0.25) is 0 Å². The fraction of sp³-hybridized carbons (Fsp3) is 0.0385. The average Bonchev–Trinajstić information content (AvgIpc) is 3.44. The first kappa shape index (κ1) is 21.0. The highest BCUT2D eigenvalue weighted by Crippen LogP contribution is 2.45. The van der Waals surface area contributed by atoms with Crippen molar-refractivity contribution in [2.75, 3.05) is 0 Å². The van der Waals surface area contributed by atoms with Crippen LogP contribution in [0.4, 0.5) is 0 Å². The maximum atomic E-state index is 13.2. The van der Waals surface area contributed by atoms with Crippen LogP contribution in [-0.2, 0) is 6.54 Å². The molecule has 8 heteroatoms. The van der Waals surface area contributed by atoms with Gasteiger partial charge >= 0.3 is 0 Å². The molecule has 34 heavy (non-hydrogen) atoms. The number of fused-ring (bicyclic) bond motifs is 1. The van der Waals surface area contributed by atoms with Crippen molar-refractivity contribution in [2.24, 2.45) is 0 Å². The molecule has 0 aliphatic rings. The second-order valence-electron chi connectivity index (χ2n) is 7.72. The number of carbonyl (C=O) groups excluding carboxylic acids is 1. The van der Waals surface area contributed by atoms with Crippen molar-refractivity contribution in [1.82, 2.24) is 5.32 Å². The SMILES string of the molecule is O=C(NCc1ccco1)c1cc(O)cc2oc(-c3ccc(O)cc3)c(-c3cc(O)cc(O)c3)c12. The summed E-state index contributed by atoms with van der Waals surface area (Å²) in [5.41, 5.74) is 1.76. The van der Waals surface area contributed by atoms with Crippen molar-refractivity contribution in [1.29, 1.82) is 0 Å². The number of phenolic OH excluding ortho intramolecular Hbond substituents is 4. The number of hydrogen-bond acceptors (Lipinski definition) is 7. The van der Waals surface area contributed by atoms with Gasteiger partial charge in [0.2, 0.25) is 0 Å². The first-order chi connectivity index (χ1) is 16.4. The van der Waals surface area contributed by atoms with E-state index in [-0.39, 0.29) is 40.7 Å². The van der Waals surface area contributed by atoms with Gasteiger partial charge in [-0.25, -0.2) is 0 Å². The summed E-state index contributed by atoms with van der Waals surface area (Å²) >= 11 is 0. The quantitative estimate of drug-likeness (QED) is 0.247. The standard InChI is InChI=1S/C26H19NO7/c28-16-5-3-14(4-6-16)25-23(15-8-17(29)10-18(30)9-15)24-21(11-19(31)12-22(24)34-25)26(32)27-13-20-2-1-7-33-20/h1-12,28-31H,13H2,(H,27,32). The number of nitrogens with one attached hydrogen (secondary N) is 1. The highest BCUT2D eigenvalue weighted by Gasteiger charge is 2.25. The van der Waals surface area contributed by atoms with Crippen LogP contribution in [-0.4, -0.2) is 26.3 Å². The van der Waals surface area contributed by atoms with Crippen LogP contribution < -0.4 is 5.32 Å². The Labute approximate surface area is 192 Å². The molecule has 0 bridgehead atoms. The molecule has 0 saturated heterocycles. The van der Waals surface area contributed by atoms with Crippen molar-refractivity contribution in [3.8, 4) is 45.4 Å². The van der Waals surface area contributed by atoms with E-state index in [0.29, 0.717) is 33.6 Å². The highest BCUT2D eigenvalue weighted by atomic mass is 16.3. The molecule has 5 aromatic rings. The number of hydrogen-bond donors (Lipinski definition) is 5. The van der Waals surface area contributed by atoms with E-state index in [2.05, 4.69) is 5.32 Å². The molecule has 0 atom stereocenters. The van der Waals surface area contributed by atoms with E-state index >= 15 is 0 Å². The van der Waals surface area contributed by atoms with Crippen LogP contribution in [0.5, 0.6) is 23.0 Å². The summed E-state index contributed by atoms with van der Waals surface area (Å²) in [6, 6.07) is 16.4. The molecule has 8 nitrogen and oxygen atoms in total. The predicted molar refractivity (Wildman–Crippen MR) is 124 cm³/mol. The Bertz CT molecular complexity index is 1480. The van der Waals surface area contributed by atoms with Crippen molar-refractivity contribution >= 4 is 16.9 Å². The molecule has 0 spiro atoms. The first-order valence-corrected chi connectivity index (χ1v) is 10.3. The van der Waals surface area contributed by atoms with E-state index in [1.807, 2.05) is 0 Å². The zero-order chi connectivity index (χ0) is 23.8. The van der Waals surface area contributed by atoms with Crippen LogP contribution in [0.25, 0.3) is 33.4 Å². The molecule has 5 rings (SSSR count). The minimum Gasteiger partial charge on any atom is -0.508 e. The number of furan rings is 2. The summed E-state index contributed by atoms with van der Waals surface area (Å²) in [6.07, 6.45) is 1.50. The lowest BCUT2D eigenvalue weighted by molar-refractivity contribution is 0.0949. The van der Waals surface area contributed by atoms with Crippen molar-refractivity contribution in [3.63, 3.8) is 0 Å². The number of benzene rings is 3. The Morgan fingerprint density at radius 3 is 2.18 bits per heavy atom. The monoisotopic (exact) mass is 457 g/mol. The third-order valence-corrected chi connectivity index (χ3v) is 5.34. The van der Waals surface area contributed by atoms with E-state index in [9.17, 15) is 25.2 Å². The minimum atomic E-state index is -0.485. The van der Waals surface area contributed by atoms with Crippen molar-refractivity contribution in [2.45, 2.75) is 6.54 Å². The third-order valence-electron chi connectivity index (χ3n) is 5.34. The van der Waals surface area contributed by atoms with Gasteiger partial charge in [-0.2, -0.15) is 0 Å². The second kappa shape index (κ2) is 8.25. The Hall–Kier alpha value is -4.85. The maximum Gasteiger partial charge on any atom is 0.252 e. The van der Waals surface area contributed by atoms with Crippen LogP contribution in [0, 0.1) is 0 Å². The van der Waals surface area contributed by atoms with Crippen LogP contribution in [0.1, 0.15) is 16.1 Å². The van der Waals surface area contributed by atoms with Gasteiger partial charge in [0, 0.05) is 28.6 Å². The topological polar surface area (TPSA) is 136 Å². The summed E-state index contributed by atoms with van der Waals surface area (Å²) < 4.78 is 11.3. The van der Waals surface area contributed by atoms with Gasteiger partial charge in [0.25, 0.3) is 5.91 Å². The molecule has 1 amide bonds. The average molecular weight is 457 g/mol. The van der Waals surface area contributed by atoms with Gasteiger partial charge in [0.05, 0.1) is 18.4 Å². The fourth-order valence-electron chi connectivity index (χ4n) is 3.90. The molecule has 2 aromatic heterocycles. The van der Waals surface area contributed by atoms with Gasteiger partial charge in [0.15, 0.2) is 0 Å². The van der Waals surface area contributed by atoms with Crippen LogP contribution >= 0.6 is 0 Å². The first-order valence-electron chi connectivity index (χ1n) is 10.3. The summed E-state index contributed by atoms with van der Waals surface area (Å²) in [6.45, 7) is 0.133. The number of rotatable bonds is 5. The molecule has 0 aliphatic carbocycles. The zero-order valence-electron chi connectivity index (χ0n) is 17.6. The molecule has 0 saturated carbocycles. The molecule has 5 N–H and O–H groups in total. The summed E-state index contributed by atoms with van der Waals surface area (Å²) in [4.78, 5) is 13.2. The fourth-order valence-corrected chi connectivity index (χ4v) is 3.90. The van der Waals surface area contributed by atoms with E-state index < -0.39 is 5.91 Å². The number of aromatic hydroxyl groups is 4. The lowest BCUT2D eigenvalue weighted by Gasteiger charge is -2.09. The third kappa shape index (κ3) is 3.88. The second-order valence-corrected chi connectivity index (χ2v) is 7.72. The van der Waals surface area contributed by atoms with Crippen LogP contribution in [0.3, 0.4) is 0 Å². The molecular weight excluding hydrogens is 438 g/mol. The number of carbonyl (C=O) groups is 1. The van der Waals surface area contributed by atoms with Gasteiger partial charge in [-0.05, 0) is 60.2 Å². The molecule has 0 fully saturated rings. The Balaban J connectivity index is 1.74. The Kier molecular flexibility index (Phi) is 5.10. The predicted octanol–water partition coefficient (Wildman–Crippen LogP) is 5.11. The Morgan fingerprint density at radius 1 is 0.794 bits per heavy atom. The van der Waals surface area contributed by atoms with Crippen molar-refractivity contribution in [3.05, 3.63) is 84.3 Å². The summed E-state index contributed by atoms with van der Waals surface area (Å²) in [5, 5.41) is 43.4.